The van der Waals surface area contributed by atoms with Crippen molar-refractivity contribution in [3.05, 3.63) is 17.5 Å². The molecule has 1 saturated heterocycles. The predicted molar refractivity (Wildman–Crippen MR) is 69.9 cm³/mol. The van der Waals surface area contributed by atoms with Gasteiger partial charge in [-0.1, -0.05) is 13.8 Å². The second kappa shape index (κ2) is 5.30. The predicted octanol–water partition coefficient (Wildman–Crippen LogP) is 0.204. The van der Waals surface area contributed by atoms with Gasteiger partial charge in [-0.25, -0.2) is 0 Å². The summed E-state index contributed by atoms with van der Waals surface area (Å²) in [5.41, 5.74) is 1.40. The second-order valence-corrected chi connectivity index (χ2v) is 5.27. The fraction of sp³-hybridized carbons (Fsp3) is 0.692. The van der Waals surface area contributed by atoms with Gasteiger partial charge in [0.05, 0.1) is 17.9 Å². The van der Waals surface area contributed by atoms with Crippen LogP contribution in [0.2, 0.25) is 0 Å². The smallest absolute Gasteiger partial charge is 0.272 e. The van der Waals surface area contributed by atoms with Gasteiger partial charge < -0.3 is 15.1 Å². The van der Waals surface area contributed by atoms with E-state index < -0.39 is 12.2 Å². The highest BCUT2D eigenvalue weighted by Gasteiger charge is 2.34. The summed E-state index contributed by atoms with van der Waals surface area (Å²) in [6, 6.07) is 1.80. The number of carbonyl (C=O) groups excluding carboxylic acids is 1. The van der Waals surface area contributed by atoms with E-state index in [4.69, 9.17) is 0 Å². The largest absolute Gasteiger partial charge is 0.388 e. The molecule has 6 heteroatoms. The molecule has 2 atom stereocenters. The Balaban J connectivity index is 2.23. The normalized spacial score (nSPS) is 23.4. The van der Waals surface area contributed by atoms with E-state index in [1.165, 1.54) is 4.90 Å². The highest BCUT2D eigenvalue weighted by Crippen LogP contribution is 2.18. The van der Waals surface area contributed by atoms with Crippen molar-refractivity contribution in [3.63, 3.8) is 0 Å². The molecule has 1 amide bonds. The van der Waals surface area contributed by atoms with E-state index in [9.17, 15) is 15.0 Å². The van der Waals surface area contributed by atoms with Crippen LogP contribution in [-0.4, -0.2) is 56.1 Å². The third kappa shape index (κ3) is 2.64. The van der Waals surface area contributed by atoms with Gasteiger partial charge in [-0.05, 0) is 18.9 Å². The van der Waals surface area contributed by atoms with Crippen LogP contribution in [0, 0.1) is 0 Å². The molecule has 1 aromatic rings. The van der Waals surface area contributed by atoms with Crippen molar-refractivity contribution >= 4 is 5.91 Å². The topological polar surface area (TPSA) is 78.6 Å². The number of hydrogen-bond acceptors (Lipinski definition) is 4. The lowest BCUT2D eigenvalue weighted by Crippen LogP contribution is -2.31. The summed E-state index contributed by atoms with van der Waals surface area (Å²) in [5.74, 6) is 0.0750. The van der Waals surface area contributed by atoms with Crippen molar-refractivity contribution in [1.82, 2.24) is 14.7 Å². The lowest BCUT2D eigenvalue weighted by atomic mass is 10.1. The molecule has 2 unspecified atom stereocenters. The molecule has 0 aliphatic carbocycles. The SMILES string of the molecule is CCn1nc(C(C)C)cc1C(=O)N1CC(O)C(O)C1. The van der Waals surface area contributed by atoms with Gasteiger partial charge in [0.2, 0.25) is 0 Å². The third-order valence-corrected chi connectivity index (χ3v) is 3.46. The number of β-amino-alcohol motifs (C(OH)–C–C–N with tert-alkyl or cyclic N) is 2. The molecular formula is C13H21N3O3. The maximum Gasteiger partial charge on any atom is 0.272 e. The number of nitrogens with zero attached hydrogens (tertiary/aromatic N) is 3. The fourth-order valence-corrected chi connectivity index (χ4v) is 2.23. The van der Waals surface area contributed by atoms with Crippen LogP contribution in [0.25, 0.3) is 0 Å². The number of aliphatic hydroxyl groups excluding tert-OH is 2. The van der Waals surface area contributed by atoms with Crippen molar-refractivity contribution < 1.29 is 15.0 Å². The molecule has 0 saturated carbocycles. The molecule has 0 spiro atoms. The Morgan fingerprint density at radius 2 is 2.00 bits per heavy atom. The monoisotopic (exact) mass is 267 g/mol. The van der Waals surface area contributed by atoms with E-state index in [0.29, 0.717) is 12.2 Å². The molecule has 1 fully saturated rings. The summed E-state index contributed by atoms with van der Waals surface area (Å²) in [5, 5.41) is 23.4. The summed E-state index contributed by atoms with van der Waals surface area (Å²) in [6.07, 6.45) is -1.71. The van der Waals surface area contributed by atoms with Gasteiger partial charge in [0, 0.05) is 19.6 Å². The van der Waals surface area contributed by atoms with Crippen LogP contribution < -0.4 is 0 Å². The van der Waals surface area contributed by atoms with Crippen LogP contribution in [0.1, 0.15) is 42.9 Å². The second-order valence-electron chi connectivity index (χ2n) is 5.27. The standard InChI is InChI=1S/C13H21N3O3/c1-4-16-10(5-9(14-16)8(2)3)13(19)15-6-11(17)12(18)7-15/h5,8,11-12,17-18H,4,6-7H2,1-3H3. The molecule has 1 aliphatic heterocycles. The van der Waals surface area contributed by atoms with E-state index in [2.05, 4.69) is 5.10 Å². The first-order valence-electron chi connectivity index (χ1n) is 6.67. The van der Waals surface area contributed by atoms with Crippen LogP contribution in [0.4, 0.5) is 0 Å². The number of aliphatic hydroxyl groups is 2. The lowest BCUT2D eigenvalue weighted by molar-refractivity contribution is 0.0572. The Morgan fingerprint density at radius 1 is 1.42 bits per heavy atom. The Labute approximate surface area is 112 Å². The maximum absolute atomic E-state index is 12.4. The van der Waals surface area contributed by atoms with Crippen molar-refractivity contribution in [3.8, 4) is 0 Å². The van der Waals surface area contributed by atoms with Crippen molar-refractivity contribution in [2.24, 2.45) is 0 Å². The van der Waals surface area contributed by atoms with E-state index in [0.717, 1.165) is 5.69 Å². The van der Waals surface area contributed by atoms with Crippen LogP contribution >= 0.6 is 0 Å². The molecule has 2 N–H and O–H groups in total. The summed E-state index contributed by atoms with van der Waals surface area (Å²) in [7, 11) is 0. The van der Waals surface area contributed by atoms with E-state index >= 15 is 0 Å². The van der Waals surface area contributed by atoms with E-state index in [-0.39, 0.29) is 24.9 Å². The number of aromatic nitrogens is 2. The number of likely N-dealkylation sites (tertiary alicyclic amines) is 1. The molecule has 0 bridgehead atoms. The van der Waals surface area contributed by atoms with Crippen molar-refractivity contribution in [2.45, 2.75) is 45.4 Å². The van der Waals surface area contributed by atoms with Crippen LogP contribution in [-0.2, 0) is 6.54 Å². The molecular weight excluding hydrogens is 246 g/mol. The Bertz CT molecular complexity index is 460. The Kier molecular flexibility index (Phi) is 3.91. The Hall–Kier alpha value is -1.40. The molecule has 106 valence electrons. The number of hydrogen-bond donors (Lipinski definition) is 2. The molecule has 0 aromatic carbocycles. The zero-order valence-electron chi connectivity index (χ0n) is 11.6. The summed E-state index contributed by atoms with van der Waals surface area (Å²) in [4.78, 5) is 13.9. The quantitative estimate of drug-likeness (QED) is 0.820. The van der Waals surface area contributed by atoms with Crippen LogP contribution in [0.3, 0.4) is 0 Å². The minimum Gasteiger partial charge on any atom is -0.388 e. The van der Waals surface area contributed by atoms with Gasteiger partial charge >= 0.3 is 0 Å². The van der Waals surface area contributed by atoms with E-state index in [1.807, 2.05) is 20.8 Å². The number of aryl methyl sites for hydroxylation is 1. The molecule has 6 nitrogen and oxygen atoms in total. The first-order valence-corrected chi connectivity index (χ1v) is 6.67. The van der Waals surface area contributed by atoms with E-state index in [1.54, 1.807) is 10.7 Å². The molecule has 1 aromatic heterocycles. The first-order chi connectivity index (χ1) is 8.93. The van der Waals surface area contributed by atoms with Gasteiger partial charge in [0.15, 0.2) is 0 Å². The van der Waals surface area contributed by atoms with Gasteiger partial charge in [-0.15, -0.1) is 0 Å². The highest BCUT2D eigenvalue weighted by atomic mass is 16.3. The molecule has 2 rings (SSSR count). The summed E-state index contributed by atoms with van der Waals surface area (Å²) >= 11 is 0. The van der Waals surface area contributed by atoms with Gasteiger partial charge in [0.1, 0.15) is 5.69 Å². The minimum atomic E-state index is -0.855. The summed E-state index contributed by atoms with van der Waals surface area (Å²) in [6.45, 7) is 6.95. The fourth-order valence-electron chi connectivity index (χ4n) is 2.23. The molecule has 0 radical (unpaired) electrons. The van der Waals surface area contributed by atoms with Gasteiger partial charge in [-0.3, -0.25) is 9.48 Å². The molecule has 2 heterocycles. The molecule has 1 aliphatic rings. The van der Waals surface area contributed by atoms with Crippen molar-refractivity contribution in [2.75, 3.05) is 13.1 Å². The maximum atomic E-state index is 12.4. The third-order valence-electron chi connectivity index (χ3n) is 3.46. The van der Waals surface area contributed by atoms with Crippen LogP contribution in [0.5, 0.6) is 0 Å². The molecule has 19 heavy (non-hydrogen) atoms. The number of carbonyl (C=O) groups is 1. The van der Waals surface area contributed by atoms with Gasteiger partial charge in [-0.2, -0.15) is 5.10 Å². The average molecular weight is 267 g/mol. The number of rotatable bonds is 3. The average Bonchev–Trinajstić information content (AvgIpc) is 2.93. The lowest BCUT2D eigenvalue weighted by Gasteiger charge is -2.15. The zero-order valence-corrected chi connectivity index (χ0v) is 11.6. The minimum absolute atomic E-state index is 0.173. The van der Waals surface area contributed by atoms with Crippen LogP contribution in [0.15, 0.2) is 6.07 Å². The first kappa shape index (κ1) is 14.0. The van der Waals surface area contributed by atoms with Gasteiger partial charge in [0.25, 0.3) is 5.91 Å². The summed E-state index contributed by atoms with van der Waals surface area (Å²) < 4.78 is 1.68. The zero-order chi connectivity index (χ0) is 14.2. The van der Waals surface area contributed by atoms with Crippen molar-refractivity contribution in [1.29, 1.82) is 0 Å². The highest BCUT2D eigenvalue weighted by molar-refractivity contribution is 5.93. The number of amides is 1. The Morgan fingerprint density at radius 3 is 2.47 bits per heavy atom.